The van der Waals surface area contributed by atoms with Crippen LogP contribution in [0.3, 0.4) is 0 Å². The fraction of sp³-hybridized carbons (Fsp3) is 0.400. The second kappa shape index (κ2) is 4.80. The first-order valence-corrected chi connectivity index (χ1v) is 6.59. The van der Waals surface area contributed by atoms with Crippen LogP contribution in [0.1, 0.15) is 11.7 Å². The van der Waals surface area contributed by atoms with Crippen LogP contribution in [-0.2, 0) is 9.84 Å². The molecule has 4 nitrogen and oxygen atoms in total. The third kappa shape index (κ3) is 3.46. The first kappa shape index (κ1) is 12.9. The summed E-state index contributed by atoms with van der Waals surface area (Å²) in [6.07, 6.45) is -0.216. The smallest absolute Gasteiger partial charge is 0.165 e. The van der Waals surface area contributed by atoms with Crippen LogP contribution in [0.2, 0.25) is 0 Å². The lowest BCUT2D eigenvalue weighted by molar-refractivity contribution is 0.201. The van der Waals surface area contributed by atoms with Gasteiger partial charge in [0.25, 0.3) is 0 Å². The van der Waals surface area contributed by atoms with Crippen LogP contribution in [0, 0.1) is 5.82 Å². The Labute approximate surface area is 93.6 Å². The Morgan fingerprint density at radius 1 is 1.50 bits per heavy atom. The van der Waals surface area contributed by atoms with Gasteiger partial charge in [0, 0.05) is 6.26 Å². The summed E-state index contributed by atoms with van der Waals surface area (Å²) in [5.41, 5.74) is 0.212. The number of hydrogen-bond donors (Lipinski definition) is 1. The third-order valence-electron chi connectivity index (χ3n) is 2.02. The molecule has 16 heavy (non-hydrogen) atoms. The number of methoxy groups -OCH3 is 1. The standard InChI is InChI=1S/C10H13FO4S/c1-15-10-4-3-7(5-8(10)11)9(12)6-16(2,13)14/h3-5,9,12H,6H2,1-2H3. The van der Waals surface area contributed by atoms with E-state index in [1.165, 1.54) is 19.2 Å². The minimum absolute atomic E-state index is 0.0512. The summed E-state index contributed by atoms with van der Waals surface area (Å²) >= 11 is 0. The average molecular weight is 248 g/mol. The van der Waals surface area contributed by atoms with Gasteiger partial charge in [0.05, 0.1) is 19.0 Å². The molecule has 0 aliphatic rings. The van der Waals surface area contributed by atoms with E-state index in [0.29, 0.717) is 0 Å². The Morgan fingerprint density at radius 2 is 2.12 bits per heavy atom. The Bertz CT molecular complexity index is 470. The lowest BCUT2D eigenvalue weighted by Crippen LogP contribution is -2.12. The highest BCUT2D eigenvalue weighted by Crippen LogP contribution is 2.22. The molecule has 1 rings (SSSR count). The Morgan fingerprint density at radius 3 is 2.56 bits per heavy atom. The molecule has 0 amide bonds. The van der Waals surface area contributed by atoms with Crippen molar-refractivity contribution in [3.05, 3.63) is 29.6 Å². The number of hydrogen-bond acceptors (Lipinski definition) is 4. The van der Waals surface area contributed by atoms with E-state index in [4.69, 9.17) is 4.74 Å². The Hall–Kier alpha value is -1.14. The Balaban J connectivity index is 2.93. The zero-order valence-electron chi connectivity index (χ0n) is 8.97. The predicted octanol–water partition coefficient (Wildman–Crippen LogP) is 0.912. The van der Waals surface area contributed by atoms with Gasteiger partial charge in [-0.3, -0.25) is 0 Å². The van der Waals surface area contributed by atoms with Gasteiger partial charge in [-0.2, -0.15) is 0 Å². The molecule has 6 heteroatoms. The van der Waals surface area contributed by atoms with Crippen molar-refractivity contribution < 1.29 is 22.7 Å². The van der Waals surface area contributed by atoms with Gasteiger partial charge in [-0.25, -0.2) is 12.8 Å². The number of ether oxygens (including phenoxy) is 1. The van der Waals surface area contributed by atoms with Crippen LogP contribution < -0.4 is 4.74 Å². The predicted molar refractivity (Wildman–Crippen MR) is 57.6 cm³/mol. The summed E-state index contributed by atoms with van der Waals surface area (Å²) in [4.78, 5) is 0. The highest BCUT2D eigenvalue weighted by atomic mass is 32.2. The van der Waals surface area contributed by atoms with Crippen molar-refractivity contribution in [2.75, 3.05) is 19.1 Å². The van der Waals surface area contributed by atoms with E-state index < -0.39 is 27.5 Å². The molecule has 1 aromatic carbocycles. The minimum Gasteiger partial charge on any atom is -0.494 e. The van der Waals surface area contributed by atoms with Crippen LogP contribution in [-0.4, -0.2) is 32.6 Å². The van der Waals surface area contributed by atoms with E-state index in [-0.39, 0.29) is 11.3 Å². The number of aliphatic hydroxyl groups is 1. The van der Waals surface area contributed by atoms with E-state index in [0.717, 1.165) is 12.3 Å². The molecule has 1 unspecified atom stereocenters. The van der Waals surface area contributed by atoms with E-state index in [1.54, 1.807) is 0 Å². The van der Waals surface area contributed by atoms with Crippen LogP contribution in [0.15, 0.2) is 18.2 Å². The molecular weight excluding hydrogens is 235 g/mol. The van der Waals surface area contributed by atoms with Gasteiger partial charge in [0.2, 0.25) is 0 Å². The molecule has 1 aromatic rings. The summed E-state index contributed by atoms with van der Waals surface area (Å²) in [5, 5.41) is 9.56. The summed E-state index contributed by atoms with van der Waals surface area (Å²) < 4.78 is 39.9. The van der Waals surface area contributed by atoms with Gasteiger partial charge in [-0.05, 0) is 17.7 Å². The highest BCUT2D eigenvalue weighted by molar-refractivity contribution is 7.90. The van der Waals surface area contributed by atoms with E-state index in [9.17, 15) is 17.9 Å². The second-order valence-electron chi connectivity index (χ2n) is 3.50. The van der Waals surface area contributed by atoms with Crippen molar-refractivity contribution >= 4 is 9.84 Å². The average Bonchev–Trinajstić information content (AvgIpc) is 2.15. The maximum atomic E-state index is 13.3. The summed E-state index contributed by atoms with van der Waals surface area (Å²) in [7, 11) is -1.98. The molecule has 0 radical (unpaired) electrons. The first-order valence-electron chi connectivity index (χ1n) is 4.52. The van der Waals surface area contributed by atoms with Crippen molar-refractivity contribution in [2.45, 2.75) is 6.10 Å². The molecular formula is C10H13FO4S. The quantitative estimate of drug-likeness (QED) is 0.860. The van der Waals surface area contributed by atoms with E-state index in [1.807, 2.05) is 0 Å². The summed E-state index contributed by atoms with van der Waals surface area (Å²) in [6.45, 7) is 0. The molecule has 90 valence electrons. The molecule has 1 N–H and O–H groups in total. The first-order chi connectivity index (χ1) is 7.33. The zero-order valence-corrected chi connectivity index (χ0v) is 9.79. The van der Waals surface area contributed by atoms with Crippen molar-refractivity contribution in [3.63, 3.8) is 0 Å². The van der Waals surface area contributed by atoms with Crippen LogP contribution in [0.4, 0.5) is 4.39 Å². The maximum Gasteiger partial charge on any atom is 0.165 e. The van der Waals surface area contributed by atoms with Crippen LogP contribution in [0.25, 0.3) is 0 Å². The van der Waals surface area contributed by atoms with Gasteiger partial charge in [-0.15, -0.1) is 0 Å². The maximum absolute atomic E-state index is 13.3. The molecule has 0 fully saturated rings. The minimum atomic E-state index is -3.30. The van der Waals surface area contributed by atoms with Gasteiger partial charge < -0.3 is 9.84 Å². The lowest BCUT2D eigenvalue weighted by Gasteiger charge is -2.10. The number of rotatable bonds is 4. The van der Waals surface area contributed by atoms with Crippen molar-refractivity contribution in [1.82, 2.24) is 0 Å². The van der Waals surface area contributed by atoms with Crippen LogP contribution >= 0.6 is 0 Å². The molecule has 0 aliphatic heterocycles. The Kier molecular flexibility index (Phi) is 3.88. The molecule has 0 aliphatic carbocycles. The fourth-order valence-corrected chi connectivity index (χ4v) is 2.04. The normalized spacial score (nSPS) is 13.5. The molecule has 0 saturated carbocycles. The van der Waals surface area contributed by atoms with E-state index >= 15 is 0 Å². The van der Waals surface area contributed by atoms with E-state index in [2.05, 4.69) is 0 Å². The van der Waals surface area contributed by atoms with Crippen molar-refractivity contribution in [2.24, 2.45) is 0 Å². The molecule has 0 saturated heterocycles. The molecule has 0 aromatic heterocycles. The molecule has 0 bridgehead atoms. The van der Waals surface area contributed by atoms with Crippen molar-refractivity contribution in [1.29, 1.82) is 0 Å². The topological polar surface area (TPSA) is 63.6 Å². The number of benzene rings is 1. The fourth-order valence-electron chi connectivity index (χ4n) is 1.27. The van der Waals surface area contributed by atoms with Gasteiger partial charge in [0.1, 0.15) is 9.84 Å². The van der Waals surface area contributed by atoms with Crippen molar-refractivity contribution in [3.8, 4) is 5.75 Å². The van der Waals surface area contributed by atoms with Gasteiger partial charge in [0.15, 0.2) is 11.6 Å². The number of sulfone groups is 1. The molecule has 0 spiro atoms. The van der Waals surface area contributed by atoms with Crippen LogP contribution in [0.5, 0.6) is 5.75 Å². The second-order valence-corrected chi connectivity index (χ2v) is 5.69. The lowest BCUT2D eigenvalue weighted by atomic mass is 10.1. The SMILES string of the molecule is COc1ccc(C(O)CS(C)(=O)=O)cc1F. The largest absolute Gasteiger partial charge is 0.494 e. The third-order valence-corrected chi connectivity index (χ3v) is 2.94. The zero-order chi connectivity index (χ0) is 12.3. The molecule has 1 atom stereocenters. The van der Waals surface area contributed by atoms with Gasteiger partial charge in [-0.1, -0.05) is 6.07 Å². The molecule has 0 heterocycles. The monoisotopic (exact) mass is 248 g/mol. The van der Waals surface area contributed by atoms with Gasteiger partial charge >= 0.3 is 0 Å². The number of aliphatic hydroxyl groups excluding tert-OH is 1. The number of halogens is 1. The highest BCUT2D eigenvalue weighted by Gasteiger charge is 2.16. The summed E-state index contributed by atoms with van der Waals surface area (Å²) in [6, 6.07) is 3.84. The summed E-state index contributed by atoms with van der Waals surface area (Å²) in [5.74, 6) is -1.01.